The van der Waals surface area contributed by atoms with Gasteiger partial charge in [-0.3, -0.25) is 0 Å². The van der Waals surface area contributed by atoms with Crippen LogP contribution in [0.2, 0.25) is 0 Å². The Kier molecular flexibility index (Phi) is 5.93. The molecular formula is C6H16N2O. The minimum absolute atomic E-state index is 0.238. The summed E-state index contributed by atoms with van der Waals surface area (Å²) in [5.74, 6) is 0. The summed E-state index contributed by atoms with van der Waals surface area (Å²) in [5.41, 5.74) is 5.47. The highest BCUT2D eigenvalue weighted by Gasteiger charge is 1.90. The number of ether oxygens (including phenoxy) is 1. The third-order valence-corrected chi connectivity index (χ3v) is 0.949. The number of rotatable bonds is 5. The monoisotopic (exact) mass is 132 g/mol. The molecule has 0 aliphatic rings. The Morgan fingerprint density at radius 3 is 2.78 bits per heavy atom. The van der Waals surface area contributed by atoms with E-state index in [2.05, 4.69) is 5.32 Å². The zero-order valence-corrected chi connectivity index (χ0v) is 6.18. The molecule has 9 heavy (non-hydrogen) atoms. The van der Waals surface area contributed by atoms with Gasteiger partial charge in [0.25, 0.3) is 0 Å². The van der Waals surface area contributed by atoms with Crippen molar-refractivity contribution in [3.05, 3.63) is 0 Å². The Bertz CT molecular complexity index is 57.0. The fraction of sp³-hybridized carbons (Fsp3) is 1.00. The van der Waals surface area contributed by atoms with Gasteiger partial charge < -0.3 is 15.8 Å². The molecule has 3 N–H and O–H groups in total. The van der Waals surface area contributed by atoms with Gasteiger partial charge in [0.05, 0.1) is 6.61 Å². The smallest absolute Gasteiger partial charge is 0.0587 e. The maximum Gasteiger partial charge on any atom is 0.0587 e. The van der Waals surface area contributed by atoms with Crippen LogP contribution in [0.3, 0.4) is 0 Å². The van der Waals surface area contributed by atoms with Crippen molar-refractivity contribution in [1.82, 2.24) is 5.32 Å². The van der Waals surface area contributed by atoms with E-state index in [9.17, 15) is 0 Å². The lowest BCUT2D eigenvalue weighted by Crippen LogP contribution is -2.32. The normalized spacial score (nSPS) is 13.7. The predicted molar refractivity (Wildman–Crippen MR) is 38.4 cm³/mol. The van der Waals surface area contributed by atoms with Gasteiger partial charge in [0, 0.05) is 26.2 Å². The third-order valence-electron chi connectivity index (χ3n) is 0.949. The highest BCUT2D eigenvalue weighted by Crippen LogP contribution is 1.69. The molecule has 0 aliphatic carbocycles. The highest BCUT2D eigenvalue weighted by molar-refractivity contribution is 4.55. The number of hydrogen-bond donors (Lipinski definition) is 2. The van der Waals surface area contributed by atoms with E-state index in [4.69, 9.17) is 10.5 Å². The molecule has 3 heteroatoms. The molecule has 0 saturated heterocycles. The molecule has 0 aromatic rings. The van der Waals surface area contributed by atoms with Crippen LogP contribution in [0.5, 0.6) is 0 Å². The van der Waals surface area contributed by atoms with Gasteiger partial charge in [0.15, 0.2) is 0 Å². The largest absolute Gasteiger partial charge is 0.383 e. The van der Waals surface area contributed by atoms with Gasteiger partial charge in [-0.15, -0.1) is 0 Å². The standard InChI is InChI=1S/C6H16N2O/c1-6(7)5-8-3-4-9-2/h6,8H,3-5,7H2,1-2H3. The van der Waals surface area contributed by atoms with E-state index >= 15 is 0 Å². The Balaban J connectivity index is 2.75. The Morgan fingerprint density at radius 2 is 2.33 bits per heavy atom. The zero-order chi connectivity index (χ0) is 7.11. The molecule has 0 bridgehead atoms. The maximum atomic E-state index is 5.47. The summed E-state index contributed by atoms with van der Waals surface area (Å²) in [4.78, 5) is 0. The zero-order valence-electron chi connectivity index (χ0n) is 6.18. The van der Waals surface area contributed by atoms with Crippen LogP contribution in [0.1, 0.15) is 6.92 Å². The van der Waals surface area contributed by atoms with E-state index in [1.54, 1.807) is 7.11 Å². The number of methoxy groups -OCH3 is 1. The lowest BCUT2D eigenvalue weighted by molar-refractivity contribution is 0.199. The second-order valence-electron chi connectivity index (χ2n) is 2.17. The summed E-state index contributed by atoms with van der Waals surface area (Å²) in [6.45, 7) is 4.48. The molecule has 1 atom stereocenters. The van der Waals surface area contributed by atoms with Crippen molar-refractivity contribution >= 4 is 0 Å². The first-order valence-electron chi connectivity index (χ1n) is 3.22. The average Bonchev–Trinajstić information content (AvgIpc) is 1.80. The van der Waals surface area contributed by atoms with Crippen molar-refractivity contribution in [1.29, 1.82) is 0 Å². The quantitative estimate of drug-likeness (QED) is 0.499. The summed E-state index contributed by atoms with van der Waals surface area (Å²) < 4.78 is 4.82. The molecule has 0 saturated carbocycles. The highest BCUT2D eigenvalue weighted by atomic mass is 16.5. The van der Waals surface area contributed by atoms with Crippen LogP contribution in [-0.2, 0) is 4.74 Å². The Labute approximate surface area is 56.6 Å². The number of nitrogens with two attached hydrogens (primary N) is 1. The van der Waals surface area contributed by atoms with Gasteiger partial charge in [0.1, 0.15) is 0 Å². The first-order valence-corrected chi connectivity index (χ1v) is 3.22. The summed E-state index contributed by atoms with van der Waals surface area (Å²) >= 11 is 0. The van der Waals surface area contributed by atoms with Crippen LogP contribution in [-0.4, -0.2) is 32.8 Å². The molecule has 0 aromatic carbocycles. The van der Waals surface area contributed by atoms with Crippen LogP contribution >= 0.6 is 0 Å². The Hall–Kier alpha value is -0.120. The molecule has 56 valence electrons. The fourth-order valence-corrected chi connectivity index (χ4v) is 0.504. The molecule has 0 heterocycles. The molecule has 0 amide bonds. The average molecular weight is 132 g/mol. The van der Waals surface area contributed by atoms with Crippen LogP contribution in [0.15, 0.2) is 0 Å². The molecule has 3 nitrogen and oxygen atoms in total. The minimum Gasteiger partial charge on any atom is -0.383 e. The molecule has 1 unspecified atom stereocenters. The number of nitrogens with one attached hydrogen (secondary N) is 1. The first-order chi connectivity index (χ1) is 4.27. The minimum atomic E-state index is 0.238. The van der Waals surface area contributed by atoms with Crippen LogP contribution in [0.25, 0.3) is 0 Å². The van der Waals surface area contributed by atoms with E-state index in [0.717, 1.165) is 19.7 Å². The van der Waals surface area contributed by atoms with Crippen LogP contribution in [0.4, 0.5) is 0 Å². The van der Waals surface area contributed by atoms with Gasteiger partial charge in [-0.2, -0.15) is 0 Å². The van der Waals surface area contributed by atoms with Crippen molar-refractivity contribution in [3.63, 3.8) is 0 Å². The van der Waals surface area contributed by atoms with Gasteiger partial charge in [-0.25, -0.2) is 0 Å². The van der Waals surface area contributed by atoms with Crippen molar-refractivity contribution in [3.8, 4) is 0 Å². The molecule has 0 rings (SSSR count). The Morgan fingerprint density at radius 1 is 1.67 bits per heavy atom. The van der Waals surface area contributed by atoms with Crippen molar-refractivity contribution < 1.29 is 4.74 Å². The summed E-state index contributed by atoms with van der Waals surface area (Å²) in [6, 6.07) is 0.238. The summed E-state index contributed by atoms with van der Waals surface area (Å²) in [5, 5.41) is 3.14. The molecule has 0 fully saturated rings. The van der Waals surface area contributed by atoms with Gasteiger partial charge in [-0.1, -0.05) is 0 Å². The van der Waals surface area contributed by atoms with E-state index in [-0.39, 0.29) is 6.04 Å². The molecular weight excluding hydrogens is 116 g/mol. The summed E-state index contributed by atoms with van der Waals surface area (Å²) in [7, 11) is 1.69. The van der Waals surface area contributed by atoms with E-state index < -0.39 is 0 Å². The van der Waals surface area contributed by atoms with E-state index in [1.165, 1.54) is 0 Å². The second-order valence-corrected chi connectivity index (χ2v) is 2.17. The van der Waals surface area contributed by atoms with E-state index in [0.29, 0.717) is 0 Å². The molecule has 0 aromatic heterocycles. The molecule has 0 aliphatic heterocycles. The van der Waals surface area contributed by atoms with Gasteiger partial charge in [0.2, 0.25) is 0 Å². The second kappa shape index (κ2) is 6.01. The van der Waals surface area contributed by atoms with Crippen molar-refractivity contribution in [2.75, 3.05) is 26.8 Å². The topological polar surface area (TPSA) is 47.3 Å². The summed E-state index contributed by atoms with van der Waals surface area (Å²) in [6.07, 6.45) is 0. The molecule has 0 spiro atoms. The fourth-order valence-electron chi connectivity index (χ4n) is 0.504. The van der Waals surface area contributed by atoms with Crippen molar-refractivity contribution in [2.45, 2.75) is 13.0 Å². The lowest BCUT2D eigenvalue weighted by Gasteiger charge is -2.05. The van der Waals surface area contributed by atoms with E-state index in [1.807, 2.05) is 6.92 Å². The number of hydrogen-bond acceptors (Lipinski definition) is 3. The molecule has 0 radical (unpaired) electrons. The van der Waals surface area contributed by atoms with Crippen LogP contribution in [0, 0.1) is 0 Å². The van der Waals surface area contributed by atoms with Gasteiger partial charge >= 0.3 is 0 Å². The van der Waals surface area contributed by atoms with Crippen LogP contribution < -0.4 is 11.1 Å². The van der Waals surface area contributed by atoms with Gasteiger partial charge in [-0.05, 0) is 6.92 Å². The van der Waals surface area contributed by atoms with Crippen molar-refractivity contribution in [2.24, 2.45) is 5.73 Å². The maximum absolute atomic E-state index is 5.47. The first kappa shape index (κ1) is 8.88. The lowest BCUT2D eigenvalue weighted by atomic mass is 10.4. The predicted octanol–water partition coefficient (Wildman–Crippen LogP) is -0.430. The SMILES string of the molecule is COCCNCC(C)N. The third kappa shape index (κ3) is 7.88.